The lowest BCUT2D eigenvalue weighted by atomic mass is 9.82. The van der Waals surface area contributed by atoms with Crippen LogP contribution in [0.1, 0.15) is 0 Å². The van der Waals surface area contributed by atoms with Gasteiger partial charge in [-0.3, -0.25) is 0 Å². The van der Waals surface area contributed by atoms with E-state index in [1.54, 1.807) is 0 Å². The molecule has 0 saturated carbocycles. The predicted octanol–water partition coefficient (Wildman–Crippen LogP) is 14.2. The monoisotopic (exact) mass is 630 g/mol. The normalized spacial score (nSPS) is 12.0. The van der Waals surface area contributed by atoms with Crippen LogP contribution in [-0.2, 0) is 0 Å². The number of hydrogen-bond donors (Lipinski definition) is 0. The van der Waals surface area contributed by atoms with Crippen LogP contribution in [0.15, 0.2) is 182 Å². The van der Waals surface area contributed by atoms with Crippen LogP contribution in [-0.4, -0.2) is 0 Å². The van der Waals surface area contributed by atoms with Crippen molar-refractivity contribution in [1.29, 1.82) is 0 Å². The van der Waals surface area contributed by atoms with Gasteiger partial charge in [-0.25, -0.2) is 0 Å². The Balaban J connectivity index is 1.29. The summed E-state index contributed by atoms with van der Waals surface area (Å²) in [6.45, 7) is 0. The van der Waals surface area contributed by atoms with E-state index in [2.05, 4.69) is 182 Å². The minimum Gasteiger partial charge on any atom is -0.0616 e. The van der Waals surface area contributed by atoms with Crippen molar-refractivity contribution in [3.8, 4) is 22.3 Å². The average molecular weight is 631 g/mol. The van der Waals surface area contributed by atoms with Gasteiger partial charge in [0, 0.05) is 0 Å². The van der Waals surface area contributed by atoms with Crippen LogP contribution < -0.4 is 0 Å². The molecular formula is C50H30. The van der Waals surface area contributed by atoms with Crippen molar-refractivity contribution in [1.82, 2.24) is 0 Å². The van der Waals surface area contributed by atoms with Crippen molar-refractivity contribution in [3.05, 3.63) is 182 Å². The van der Waals surface area contributed by atoms with Crippen molar-refractivity contribution in [2.24, 2.45) is 0 Å². The largest absolute Gasteiger partial charge is 0.0616 e. The molecule has 0 amide bonds. The molecule has 0 unspecified atom stereocenters. The molecule has 11 aromatic carbocycles. The van der Waals surface area contributed by atoms with E-state index in [0.717, 1.165) is 0 Å². The first-order valence-corrected chi connectivity index (χ1v) is 17.4. The topological polar surface area (TPSA) is 0 Å². The highest BCUT2D eigenvalue weighted by molar-refractivity contribution is 6.34. The van der Waals surface area contributed by atoms with Gasteiger partial charge in [-0.15, -0.1) is 0 Å². The van der Waals surface area contributed by atoms with Crippen LogP contribution in [0.2, 0.25) is 0 Å². The molecular weight excluding hydrogens is 601 g/mol. The van der Waals surface area contributed by atoms with E-state index in [1.165, 1.54) is 108 Å². The maximum absolute atomic E-state index is 2.49. The van der Waals surface area contributed by atoms with E-state index >= 15 is 0 Å². The maximum Gasteiger partial charge on any atom is -0.00199 e. The number of benzene rings is 11. The molecule has 0 bridgehead atoms. The average Bonchev–Trinajstić information content (AvgIpc) is 3.19. The SMILES string of the molecule is c1ccc2c(c1)ccc1cc(-c3c4ccccc4c(-c4cc5c6ccccc6c6ccccc6c5c5ccccc45)c4ccccc34)ccc12. The molecule has 0 aliphatic heterocycles. The molecule has 0 fully saturated rings. The summed E-state index contributed by atoms with van der Waals surface area (Å²) in [5, 5.41) is 20.6. The van der Waals surface area contributed by atoms with Crippen molar-refractivity contribution in [2.45, 2.75) is 0 Å². The van der Waals surface area contributed by atoms with Gasteiger partial charge in [-0.05, 0) is 121 Å². The molecule has 230 valence electrons. The Morgan fingerprint density at radius 1 is 0.220 bits per heavy atom. The number of hydrogen-bond acceptors (Lipinski definition) is 0. The summed E-state index contributed by atoms with van der Waals surface area (Å²) in [7, 11) is 0. The molecule has 11 aromatic rings. The molecule has 0 aromatic heterocycles. The molecule has 0 spiro atoms. The third-order valence-electron chi connectivity index (χ3n) is 11.0. The minimum atomic E-state index is 1.24. The van der Waals surface area contributed by atoms with Crippen LogP contribution in [0.4, 0.5) is 0 Å². The fraction of sp³-hybridized carbons (Fsp3) is 0. The van der Waals surface area contributed by atoms with Crippen LogP contribution >= 0.6 is 0 Å². The zero-order chi connectivity index (χ0) is 32.8. The first kappa shape index (κ1) is 27.5. The fourth-order valence-corrected chi connectivity index (χ4v) is 8.87. The standard InChI is InChI=1S/C50H30/c1-2-14-34-31(13-1)25-26-32-29-33(27-28-35(32)34)48-42-21-9-11-23-44(42)50(45-24-12-10-22-43(45)48)47-30-46-38-17-4-3-15-36(38)37-16-5-7-19-40(37)49(46)41-20-8-6-18-39(41)47/h1-30H. The highest BCUT2D eigenvalue weighted by Crippen LogP contribution is 2.48. The molecule has 0 radical (unpaired) electrons. The number of fused-ring (bicyclic) bond motifs is 13. The Kier molecular flexibility index (Phi) is 5.76. The van der Waals surface area contributed by atoms with Gasteiger partial charge in [0.2, 0.25) is 0 Å². The first-order chi connectivity index (χ1) is 24.8. The highest BCUT2D eigenvalue weighted by atomic mass is 14.2. The summed E-state index contributed by atoms with van der Waals surface area (Å²) < 4.78 is 0. The molecule has 0 heterocycles. The molecule has 11 rings (SSSR count). The summed E-state index contributed by atoms with van der Waals surface area (Å²) in [6, 6.07) is 67.6. The lowest BCUT2D eigenvalue weighted by Gasteiger charge is -2.21. The van der Waals surface area contributed by atoms with Crippen molar-refractivity contribution >= 4 is 86.2 Å². The first-order valence-electron chi connectivity index (χ1n) is 17.4. The summed E-state index contributed by atoms with van der Waals surface area (Å²) in [5.41, 5.74) is 5.10. The van der Waals surface area contributed by atoms with Crippen LogP contribution in [0.5, 0.6) is 0 Å². The molecule has 0 atom stereocenters. The summed E-state index contributed by atoms with van der Waals surface area (Å²) in [6.07, 6.45) is 0. The van der Waals surface area contributed by atoms with Gasteiger partial charge in [-0.2, -0.15) is 0 Å². The maximum atomic E-state index is 2.49. The Bertz CT molecular complexity index is 3140. The van der Waals surface area contributed by atoms with Crippen molar-refractivity contribution < 1.29 is 0 Å². The second-order valence-corrected chi connectivity index (χ2v) is 13.5. The number of rotatable bonds is 2. The minimum absolute atomic E-state index is 1.24. The van der Waals surface area contributed by atoms with Crippen LogP contribution in [0.25, 0.3) is 108 Å². The van der Waals surface area contributed by atoms with E-state index in [9.17, 15) is 0 Å². The molecule has 0 nitrogen and oxygen atoms in total. The molecule has 0 N–H and O–H groups in total. The Hall–Kier alpha value is -6.50. The smallest absolute Gasteiger partial charge is 0.00199 e. The van der Waals surface area contributed by atoms with E-state index in [0.29, 0.717) is 0 Å². The van der Waals surface area contributed by atoms with E-state index in [4.69, 9.17) is 0 Å². The molecule has 0 aliphatic carbocycles. The molecule has 0 saturated heterocycles. The van der Waals surface area contributed by atoms with E-state index in [1.807, 2.05) is 0 Å². The summed E-state index contributed by atoms with van der Waals surface area (Å²) in [5.74, 6) is 0. The van der Waals surface area contributed by atoms with E-state index < -0.39 is 0 Å². The molecule has 50 heavy (non-hydrogen) atoms. The van der Waals surface area contributed by atoms with Crippen LogP contribution in [0, 0.1) is 0 Å². The predicted molar refractivity (Wildman–Crippen MR) is 217 cm³/mol. The molecule has 0 heteroatoms. The third kappa shape index (κ3) is 3.82. The van der Waals surface area contributed by atoms with Crippen LogP contribution in [0.3, 0.4) is 0 Å². The Morgan fingerprint density at radius 3 is 1.28 bits per heavy atom. The zero-order valence-corrected chi connectivity index (χ0v) is 27.3. The van der Waals surface area contributed by atoms with Crippen molar-refractivity contribution in [2.75, 3.05) is 0 Å². The van der Waals surface area contributed by atoms with Gasteiger partial charge in [0.05, 0.1) is 0 Å². The van der Waals surface area contributed by atoms with Crippen molar-refractivity contribution in [3.63, 3.8) is 0 Å². The quantitative estimate of drug-likeness (QED) is 0.132. The second-order valence-electron chi connectivity index (χ2n) is 13.5. The lowest BCUT2D eigenvalue weighted by Crippen LogP contribution is -1.93. The summed E-state index contributed by atoms with van der Waals surface area (Å²) in [4.78, 5) is 0. The fourth-order valence-electron chi connectivity index (χ4n) is 8.87. The molecule has 0 aliphatic rings. The van der Waals surface area contributed by atoms with Gasteiger partial charge in [-0.1, -0.05) is 170 Å². The third-order valence-corrected chi connectivity index (χ3v) is 11.0. The zero-order valence-electron chi connectivity index (χ0n) is 27.3. The highest BCUT2D eigenvalue weighted by Gasteiger charge is 2.21. The lowest BCUT2D eigenvalue weighted by molar-refractivity contribution is 1.70. The van der Waals surface area contributed by atoms with Gasteiger partial charge in [0.25, 0.3) is 0 Å². The van der Waals surface area contributed by atoms with Gasteiger partial charge < -0.3 is 0 Å². The summed E-state index contributed by atoms with van der Waals surface area (Å²) >= 11 is 0. The van der Waals surface area contributed by atoms with Gasteiger partial charge in [0.15, 0.2) is 0 Å². The van der Waals surface area contributed by atoms with Gasteiger partial charge >= 0.3 is 0 Å². The Morgan fingerprint density at radius 2 is 0.640 bits per heavy atom. The Labute approximate surface area is 289 Å². The second kappa shape index (κ2) is 10.5. The van der Waals surface area contributed by atoms with Gasteiger partial charge in [0.1, 0.15) is 0 Å². The van der Waals surface area contributed by atoms with E-state index in [-0.39, 0.29) is 0 Å².